The van der Waals surface area contributed by atoms with Crippen LogP contribution in [0.3, 0.4) is 0 Å². The molecule has 0 aliphatic carbocycles. The molecule has 0 amide bonds. The lowest BCUT2D eigenvalue weighted by molar-refractivity contribution is 0.0982. The van der Waals surface area contributed by atoms with Crippen molar-refractivity contribution >= 4 is 32.9 Å². The minimum absolute atomic E-state index is 0.0168. The van der Waals surface area contributed by atoms with Crippen molar-refractivity contribution in [1.82, 2.24) is 9.38 Å². The number of fused-ring (bicyclic) bond motifs is 1. The van der Waals surface area contributed by atoms with Crippen LogP contribution in [0.2, 0.25) is 5.02 Å². The zero-order valence-electron chi connectivity index (χ0n) is 18.8. The molecule has 176 valence electrons. The molecule has 0 aliphatic heterocycles. The summed E-state index contributed by atoms with van der Waals surface area (Å²) in [6.07, 6.45) is 7.97. The van der Waals surface area contributed by atoms with Crippen LogP contribution in [0.5, 0.6) is 5.75 Å². The first kappa shape index (κ1) is 24.0. The fourth-order valence-electron chi connectivity index (χ4n) is 3.55. The molecule has 4 rings (SSSR count). The van der Waals surface area contributed by atoms with Crippen LogP contribution in [0.25, 0.3) is 5.65 Å². The minimum Gasteiger partial charge on any atom is -0.492 e. The van der Waals surface area contributed by atoms with Gasteiger partial charge in [-0.15, -0.1) is 0 Å². The molecule has 34 heavy (non-hydrogen) atoms. The summed E-state index contributed by atoms with van der Waals surface area (Å²) in [6, 6.07) is 14.7. The van der Waals surface area contributed by atoms with Gasteiger partial charge in [-0.3, -0.25) is 4.79 Å². The average molecular weight is 497 g/mol. The van der Waals surface area contributed by atoms with Crippen LogP contribution in [-0.2, 0) is 16.3 Å². The number of ether oxygens (including phenoxy) is 1. The molecule has 0 saturated carbocycles. The molecule has 2 aromatic heterocycles. The van der Waals surface area contributed by atoms with Gasteiger partial charge in [-0.1, -0.05) is 37.1 Å². The number of Topliss-reactive ketones (excluding diaryl/α,β-unsaturated/α-hetero) is 1. The molecule has 0 radical (unpaired) electrons. The Balaban J connectivity index is 1.42. The van der Waals surface area contributed by atoms with Crippen molar-refractivity contribution in [3.8, 4) is 5.75 Å². The number of unbranched alkanes of at least 4 members (excludes halogenated alkanes) is 1. The summed E-state index contributed by atoms with van der Waals surface area (Å²) in [4.78, 5) is 17.0. The lowest BCUT2D eigenvalue weighted by Gasteiger charge is -2.10. The Bertz CT molecular complexity index is 1410. The Morgan fingerprint density at radius 2 is 1.82 bits per heavy atom. The summed E-state index contributed by atoms with van der Waals surface area (Å²) in [5.74, 6) is 0.490. The summed E-state index contributed by atoms with van der Waals surface area (Å²) in [5.41, 5.74) is 2.28. The maximum Gasteiger partial charge on any atom is 0.206 e. The van der Waals surface area contributed by atoms with Gasteiger partial charge in [-0.05, 0) is 60.9 Å². The van der Waals surface area contributed by atoms with E-state index in [4.69, 9.17) is 16.3 Å². The van der Waals surface area contributed by atoms with Gasteiger partial charge in [-0.25, -0.2) is 13.4 Å². The number of nitrogens with zero attached hydrogens (tertiary/aromatic N) is 2. The average Bonchev–Trinajstić information content (AvgIpc) is 3.32. The quantitative estimate of drug-likeness (QED) is 0.204. The van der Waals surface area contributed by atoms with E-state index in [0.29, 0.717) is 30.8 Å². The van der Waals surface area contributed by atoms with Crippen LogP contribution in [-0.4, -0.2) is 30.2 Å². The third-order valence-electron chi connectivity index (χ3n) is 5.55. The van der Waals surface area contributed by atoms with Gasteiger partial charge in [0.05, 0.1) is 21.4 Å². The van der Waals surface area contributed by atoms with Crippen LogP contribution in [0.4, 0.5) is 0 Å². The van der Waals surface area contributed by atoms with Crippen LogP contribution in [0.15, 0.2) is 83.0 Å². The predicted molar refractivity (Wildman–Crippen MR) is 132 cm³/mol. The molecule has 0 saturated heterocycles. The van der Waals surface area contributed by atoms with E-state index in [0.717, 1.165) is 24.1 Å². The second-order valence-corrected chi connectivity index (χ2v) is 10.3. The SMILES string of the molecule is CCCCOc1ccc(S(=O)(=O)c2ccc(CCC(=O)c3ccc4nccn4c3)cc2)cc1Cl. The standard InChI is InChI=1S/C26H25ClN2O4S/c1-2-3-16-33-25-12-10-22(17-23(25)27)34(31,32)21-8-4-19(5-9-21)6-11-24(30)20-7-13-26-28-14-15-29(26)18-20/h4-5,7-10,12-15,17-18H,2-3,6,11,16H2,1H3. The molecule has 0 unspecified atom stereocenters. The highest BCUT2D eigenvalue weighted by Gasteiger charge is 2.19. The summed E-state index contributed by atoms with van der Waals surface area (Å²) in [5, 5.41) is 0.265. The largest absolute Gasteiger partial charge is 0.492 e. The predicted octanol–water partition coefficient (Wildman–Crippen LogP) is 5.81. The van der Waals surface area contributed by atoms with E-state index in [1.54, 1.807) is 55.0 Å². The number of aromatic nitrogens is 2. The van der Waals surface area contributed by atoms with E-state index in [1.807, 2.05) is 10.5 Å². The van der Waals surface area contributed by atoms with Gasteiger partial charge >= 0.3 is 0 Å². The van der Waals surface area contributed by atoms with E-state index < -0.39 is 9.84 Å². The van der Waals surface area contributed by atoms with Crippen LogP contribution < -0.4 is 4.74 Å². The molecular formula is C26H25ClN2O4S. The first-order valence-electron chi connectivity index (χ1n) is 11.1. The zero-order chi connectivity index (χ0) is 24.1. The number of aryl methyl sites for hydroxylation is 1. The second-order valence-electron chi connectivity index (χ2n) is 7.98. The zero-order valence-corrected chi connectivity index (χ0v) is 20.3. The third kappa shape index (κ3) is 5.32. The third-order valence-corrected chi connectivity index (χ3v) is 7.62. The topological polar surface area (TPSA) is 77.7 Å². The normalized spacial score (nSPS) is 11.6. The number of hydrogen-bond acceptors (Lipinski definition) is 5. The fraction of sp³-hybridized carbons (Fsp3) is 0.231. The summed E-state index contributed by atoms with van der Waals surface area (Å²) in [7, 11) is -3.73. The molecule has 4 aromatic rings. The molecule has 0 fully saturated rings. The molecular weight excluding hydrogens is 472 g/mol. The summed E-state index contributed by atoms with van der Waals surface area (Å²) < 4.78 is 33.5. The number of hydrogen-bond donors (Lipinski definition) is 0. The molecule has 0 spiro atoms. The van der Waals surface area contributed by atoms with Crippen molar-refractivity contribution in [3.63, 3.8) is 0 Å². The van der Waals surface area contributed by atoms with Crippen LogP contribution >= 0.6 is 11.6 Å². The highest BCUT2D eigenvalue weighted by atomic mass is 35.5. The molecule has 2 aromatic carbocycles. The van der Waals surface area contributed by atoms with Crippen molar-refractivity contribution in [1.29, 1.82) is 0 Å². The first-order chi connectivity index (χ1) is 16.4. The van der Waals surface area contributed by atoms with Gasteiger partial charge in [0, 0.05) is 30.6 Å². The summed E-state index contributed by atoms with van der Waals surface area (Å²) >= 11 is 6.25. The first-order valence-corrected chi connectivity index (χ1v) is 13.0. The van der Waals surface area contributed by atoms with E-state index in [9.17, 15) is 13.2 Å². The van der Waals surface area contributed by atoms with E-state index >= 15 is 0 Å². The highest BCUT2D eigenvalue weighted by molar-refractivity contribution is 7.91. The Morgan fingerprint density at radius 1 is 1.06 bits per heavy atom. The van der Waals surface area contributed by atoms with Gasteiger partial charge in [0.15, 0.2) is 5.78 Å². The number of imidazole rings is 1. The Morgan fingerprint density at radius 3 is 2.56 bits per heavy atom. The number of sulfone groups is 1. The van der Waals surface area contributed by atoms with Crippen molar-refractivity contribution in [3.05, 3.63) is 89.3 Å². The number of carbonyl (C=O) groups is 1. The fourth-order valence-corrected chi connectivity index (χ4v) is 5.14. The number of rotatable bonds is 10. The highest BCUT2D eigenvalue weighted by Crippen LogP contribution is 2.30. The van der Waals surface area contributed by atoms with Crippen molar-refractivity contribution in [2.45, 2.75) is 42.4 Å². The minimum atomic E-state index is -3.73. The number of carbonyl (C=O) groups excluding carboxylic acids is 1. The van der Waals surface area contributed by atoms with Crippen LogP contribution in [0, 0.1) is 0 Å². The lowest BCUT2D eigenvalue weighted by atomic mass is 10.0. The summed E-state index contributed by atoms with van der Waals surface area (Å²) in [6.45, 7) is 2.59. The van der Waals surface area contributed by atoms with E-state index in [-0.39, 0.29) is 20.6 Å². The van der Waals surface area contributed by atoms with Gasteiger partial charge in [0.2, 0.25) is 9.84 Å². The smallest absolute Gasteiger partial charge is 0.206 e. The number of benzene rings is 2. The molecule has 0 bridgehead atoms. The molecule has 0 atom stereocenters. The van der Waals surface area contributed by atoms with Gasteiger partial charge in [0.1, 0.15) is 11.4 Å². The van der Waals surface area contributed by atoms with Crippen molar-refractivity contribution in [2.24, 2.45) is 0 Å². The second kappa shape index (κ2) is 10.4. The molecule has 0 aliphatic rings. The number of pyridine rings is 1. The molecule has 8 heteroatoms. The Hall–Kier alpha value is -3.16. The van der Waals surface area contributed by atoms with Crippen molar-refractivity contribution < 1.29 is 17.9 Å². The van der Waals surface area contributed by atoms with Gasteiger partial charge in [-0.2, -0.15) is 0 Å². The van der Waals surface area contributed by atoms with E-state index in [2.05, 4.69) is 11.9 Å². The van der Waals surface area contributed by atoms with Gasteiger partial charge < -0.3 is 9.14 Å². The van der Waals surface area contributed by atoms with E-state index in [1.165, 1.54) is 12.1 Å². The maximum absolute atomic E-state index is 13.0. The van der Waals surface area contributed by atoms with Gasteiger partial charge in [0.25, 0.3) is 0 Å². The molecule has 0 N–H and O–H groups in total. The maximum atomic E-state index is 13.0. The molecule has 6 nitrogen and oxygen atoms in total. The van der Waals surface area contributed by atoms with Crippen LogP contribution in [0.1, 0.15) is 42.1 Å². The number of ketones is 1. The monoisotopic (exact) mass is 496 g/mol. The lowest BCUT2D eigenvalue weighted by Crippen LogP contribution is -2.04. The number of halogens is 1. The Kier molecular flexibility index (Phi) is 7.34. The van der Waals surface area contributed by atoms with Crippen molar-refractivity contribution in [2.75, 3.05) is 6.61 Å². The molecule has 2 heterocycles. The Labute approximate surface area is 204 Å².